The number of benzene rings is 7. The lowest BCUT2D eigenvalue weighted by Crippen LogP contribution is -2.28. The molecular formula is C49H36N2O. The normalized spacial score (nSPS) is 15.2. The van der Waals surface area contributed by atoms with Crippen LogP contribution in [0.4, 0.5) is 0 Å². The quantitative estimate of drug-likeness (QED) is 0.183. The molecule has 0 amide bonds. The largest absolute Gasteiger partial charge is 0.468 e. The Bertz CT molecular complexity index is 2650. The van der Waals surface area contributed by atoms with Crippen LogP contribution in [-0.4, -0.2) is 23.0 Å². The van der Waals surface area contributed by atoms with Crippen molar-refractivity contribution in [2.75, 3.05) is 6.54 Å². The second kappa shape index (κ2) is 11.6. The molecule has 7 aromatic carbocycles. The molecule has 0 saturated carbocycles. The number of fused-ring (bicyclic) bond motifs is 6. The van der Waals surface area contributed by atoms with Gasteiger partial charge in [-0.1, -0.05) is 140 Å². The lowest BCUT2D eigenvalue weighted by atomic mass is 9.67. The summed E-state index contributed by atoms with van der Waals surface area (Å²) in [7, 11) is 0. The molecule has 8 aromatic rings. The van der Waals surface area contributed by atoms with E-state index in [1.165, 1.54) is 66.1 Å². The van der Waals surface area contributed by atoms with E-state index in [1.54, 1.807) is 0 Å². The third kappa shape index (κ3) is 4.66. The molecule has 0 atom stereocenters. The summed E-state index contributed by atoms with van der Waals surface area (Å²) in [6.07, 6.45) is 1.98. The topological polar surface area (TPSA) is 34.5 Å². The molecule has 0 unspecified atom stereocenters. The van der Waals surface area contributed by atoms with Crippen molar-refractivity contribution >= 4 is 27.4 Å². The molecule has 0 spiro atoms. The fourth-order valence-corrected chi connectivity index (χ4v) is 8.53. The molecule has 0 N–H and O–H groups in total. The molecular weight excluding hydrogens is 633 g/mol. The number of hydrogen-bond donors (Lipinski definition) is 0. The van der Waals surface area contributed by atoms with E-state index in [4.69, 9.17) is 9.72 Å². The first-order valence-electron chi connectivity index (χ1n) is 18.0. The first-order chi connectivity index (χ1) is 25.5. The zero-order valence-corrected chi connectivity index (χ0v) is 29.2. The van der Waals surface area contributed by atoms with E-state index in [2.05, 4.69) is 177 Å². The molecule has 1 aliphatic carbocycles. The highest BCUT2D eigenvalue weighted by atomic mass is 16.5. The number of nitrogens with zero attached hydrogens (tertiary/aromatic N) is 2. The van der Waals surface area contributed by atoms with Crippen molar-refractivity contribution in [1.82, 2.24) is 4.98 Å². The molecule has 3 heteroatoms. The Morgan fingerprint density at radius 3 is 1.85 bits per heavy atom. The Balaban J connectivity index is 1.25. The molecule has 1 aliphatic heterocycles. The molecule has 0 radical (unpaired) electrons. The SMILES string of the molecule is CC1(C)CN=C(c2ccc(-c3cc4c(c5ccccc35)-c3ccc(-c5ccc6ccccc6c5)cc3C4(c3ccccc3)c3ccccc3)cn2)O1. The van der Waals surface area contributed by atoms with Crippen molar-refractivity contribution in [3.05, 3.63) is 198 Å². The van der Waals surface area contributed by atoms with Gasteiger partial charge in [0.25, 0.3) is 0 Å². The van der Waals surface area contributed by atoms with E-state index in [-0.39, 0.29) is 5.60 Å². The van der Waals surface area contributed by atoms with Gasteiger partial charge in [-0.05, 0) is 110 Å². The van der Waals surface area contributed by atoms with Gasteiger partial charge in [0.2, 0.25) is 5.90 Å². The molecule has 0 bridgehead atoms. The Kier molecular flexibility index (Phi) is 6.81. The molecule has 0 saturated heterocycles. The van der Waals surface area contributed by atoms with E-state index in [9.17, 15) is 0 Å². The van der Waals surface area contributed by atoms with Crippen LogP contribution in [0.1, 0.15) is 41.8 Å². The van der Waals surface area contributed by atoms with E-state index >= 15 is 0 Å². The highest BCUT2D eigenvalue weighted by molar-refractivity contribution is 6.10. The van der Waals surface area contributed by atoms with Crippen molar-refractivity contribution in [1.29, 1.82) is 0 Å². The Hall–Kier alpha value is -6.32. The Morgan fingerprint density at radius 2 is 1.15 bits per heavy atom. The zero-order valence-electron chi connectivity index (χ0n) is 29.2. The average Bonchev–Trinajstić information content (AvgIpc) is 3.72. The summed E-state index contributed by atoms with van der Waals surface area (Å²) >= 11 is 0. The van der Waals surface area contributed by atoms with Crippen molar-refractivity contribution in [2.45, 2.75) is 24.9 Å². The van der Waals surface area contributed by atoms with Crippen LogP contribution < -0.4 is 0 Å². The monoisotopic (exact) mass is 668 g/mol. The molecule has 2 aliphatic rings. The zero-order chi connectivity index (χ0) is 34.9. The first-order valence-corrected chi connectivity index (χ1v) is 18.0. The highest BCUT2D eigenvalue weighted by Crippen LogP contribution is 2.59. The van der Waals surface area contributed by atoms with E-state index in [1.807, 2.05) is 12.3 Å². The van der Waals surface area contributed by atoms with Gasteiger partial charge in [0.05, 0.1) is 12.0 Å². The minimum atomic E-state index is -0.565. The highest BCUT2D eigenvalue weighted by Gasteiger charge is 2.47. The van der Waals surface area contributed by atoms with Gasteiger partial charge in [0.15, 0.2) is 0 Å². The fourth-order valence-electron chi connectivity index (χ4n) is 8.53. The van der Waals surface area contributed by atoms with Crippen molar-refractivity contribution in [3.63, 3.8) is 0 Å². The summed E-state index contributed by atoms with van der Waals surface area (Å²) in [6.45, 7) is 4.75. The van der Waals surface area contributed by atoms with Gasteiger partial charge >= 0.3 is 0 Å². The second-order valence-corrected chi connectivity index (χ2v) is 14.6. The minimum Gasteiger partial charge on any atom is -0.468 e. The van der Waals surface area contributed by atoms with Gasteiger partial charge in [-0.15, -0.1) is 0 Å². The maximum Gasteiger partial charge on any atom is 0.236 e. The van der Waals surface area contributed by atoms with Crippen LogP contribution >= 0.6 is 0 Å². The smallest absolute Gasteiger partial charge is 0.236 e. The molecule has 0 fully saturated rings. The van der Waals surface area contributed by atoms with Gasteiger partial charge in [-0.3, -0.25) is 4.98 Å². The standard InChI is InChI=1S/C49H36N2O/c1-48(2)31-51-47(52-48)45-26-24-36(30-50-45)42-29-44-46(40-20-12-11-19-39(40)42)41-25-23-35(34-22-21-32-13-9-10-14-33(32)27-34)28-43(41)49(44,37-15-5-3-6-16-37)38-17-7-4-8-18-38/h3-30H,31H2,1-2H3. The predicted molar refractivity (Wildman–Crippen MR) is 214 cm³/mol. The lowest BCUT2D eigenvalue weighted by molar-refractivity contribution is 0.131. The second-order valence-electron chi connectivity index (χ2n) is 14.6. The Morgan fingerprint density at radius 1 is 0.519 bits per heavy atom. The average molecular weight is 669 g/mol. The van der Waals surface area contributed by atoms with Crippen molar-refractivity contribution in [3.8, 4) is 33.4 Å². The third-order valence-electron chi connectivity index (χ3n) is 10.9. The number of rotatable bonds is 5. The van der Waals surface area contributed by atoms with Gasteiger partial charge in [-0.25, -0.2) is 4.99 Å². The lowest BCUT2D eigenvalue weighted by Gasteiger charge is -2.34. The minimum absolute atomic E-state index is 0.312. The van der Waals surface area contributed by atoms with Crippen LogP contribution in [0.15, 0.2) is 175 Å². The summed E-state index contributed by atoms with van der Waals surface area (Å²) in [5.41, 5.74) is 12.1. The van der Waals surface area contributed by atoms with Crippen LogP contribution in [0, 0.1) is 0 Å². The maximum atomic E-state index is 6.12. The first kappa shape index (κ1) is 30.5. The van der Waals surface area contributed by atoms with Gasteiger partial charge < -0.3 is 4.74 Å². The van der Waals surface area contributed by atoms with Crippen molar-refractivity contribution < 1.29 is 4.74 Å². The number of hydrogen-bond acceptors (Lipinski definition) is 3. The summed E-state index contributed by atoms with van der Waals surface area (Å²) in [4.78, 5) is 9.55. The van der Waals surface area contributed by atoms with Gasteiger partial charge in [0.1, 0.15) is 11.3 Å². The van der Waals surface area contributed by atoms with Crippen LogP contribution in [0.25, 0.3) is 54.9 Å². The number of ether oxygens (including phenoxy) is 1. The summed E-state index contributed by atoms with van der Waals surface area (Å²) in [5.74, 6) is 0.611. The molecule has 10 rings (SSSR count). The summed E-state index contributed by atoms with van der Waals surface area (Å²) < 4.78 is 6.12. The van der Waals surface area contributed by atoms with Crippen LogP contribution in [-0.2, 0) is 10.2 Å². The van der Waals surface area contributed by atoms with E-state index in [0.717, 1.165) is 16.8 Å². The van der Waals surface area contributed by atoms with Gasteiger partial charge in [-0.2, -0.15) is 0 Å². The third-order valence-corrected chi connectivity index (χ3v) is 10.9. The molecule has 248 valence electrons. The fraction of sp³-hybridized carbons (Fsp3) is 0.102. The van der Waals surface area contributed by atoms with Crippen LogP contribution in [0.5, 0.6) is 0 Å². The number of aromatic nitrogens is 1. The van der Waals surface area contributed by atoms with Crippen molar-refractivity contribution in [2.24, 2.45) is 4.99 Å². The molecule has 1 aromatic heterocycles. The van der Waals surface area contributed by atoms with E-state index < -0.39 is 5.41 Å². The number of pyridine rings is 1. The van der Waals surface area contributed by atoms with Gasteiger partial charge in [0, 0.05) is 11.8 Å². The summed E-state index contributed by atoms with van der Waals surface area (Å²) in [5, 5.41) is 4.93. The van der Waals surface area contributed by atoms with Crippen LogP contribution in [0.2, 0.25) is 0 Å². The summed E-state index contributed by atoms with van der Waals surface area (Å²) in [6, 6.07) is 60.1. The molecule has 52 heavy (non-hydrogen) atoms. The predicted octanol–water partition coefficient (Wildman–Crippen LogP) is 11.6. The Labute approximate surface area is 303 Å². The number of aliphatic imine (C=N–C) groups is 1. The van der Waals surface area contributed by atoms with Crippen LogP contribution in [0.3, 0.4) is 0 Å². The molecule has 3 nitrogen and oxygen atoms in total. The maximum absolute atomic E-state index is 6.12. The molecule has 2 heterocycles. The van der Waals surface area contributed by atoms with E-state index in [0.29, 0.717) is 12.4 Å².